The zero-order valence-electron chi connectivity index (χ0n) is 15.0. The van der Waals surface area contributed by atoms with Gasteiger partial charge in [-0.05, 0) is 31.0 Å². The van der Waals surface area contributed by atoms with Crippen LogP contribution >= 0.6 is 0 Å². The lowest BCUT2D eigenvalue weighted by Gasteiger charge is -2.33. The number of imidazole rings is 1. The maximum atomic E-state index is 12.7. The Morgan fingerprint density at radius 3 is 2.65 bits per heavy atom. The molecule has 142 valence electrons. The average molecular weight is 380 g/mol. The van der Waals surface area contributed by atoms with E-state index in [-0.39, 0.29) is 23.2 Å². The van der Waals surface area contributed by atoms with Gasteiger partial charge in [0.2, 0.25) is 10.0 Å². The first kappa shape index (κ1) is 17.7. The first-order valence-corrected chi connectivity index (χ1v) is 10.4. The van der Waals surface area contributed by atoms with Crippen LogP contribution in [-0.4, -0.2) is 60.8 Å². The number of nitrogens with one attached hydrogen (secondary N) is 1. The fraction of sp³-hybridized carbons (Fsp3) is 0.588. The van der Waals surface area contributed by atoms with Crippen LogP contribution in [0.4, 0.5) is 0 Å². The van der Waals surface area contributed by atoms with Gasteiger partial charge in [-0.3, -0.25) is 14.0 Å². The highest BCUT2D eigenvalue weighted by atomic mass is 32.2. The summed E-state index contributed by atoms with van der Waals surface area (Å²) in [6, 6.07) is 5.39. The molecule has 8 nitrogen and oxygen atoms in total. The van der Waals surface area contributed by atoms with Crippen molar-refractivity contribution in [3.8, 4) is 0 Å². The molecule has 1 N–H and O–H groups in total. The maximum absolute atomic E-state index is 12.7. The van der Waals surface area contributed by atoms with E-state index < -0.39 is 10.0 Å². The van der Waals surface area contributed by atoms with Gasteiger partial charge in [0.15, 0.2) is 0 Å². The molecule has 1 aromatic carbocycles. The monoisotopic (exact) mass is 380 g/mol. The molecule has 9 heteroatoms. The van der Waals surface area contributed by atoms with Gasteiger partial charge in [0.05, 0.1) is 28.6 Å². The molecule has 26 heavy (non-hydrogen) atoms. The van der Waals surface area contributed by atoms with E-state index in [0.29, 0.717) is 23.7 Å². The summed E-state index contributed by atoms with van der Waals surface area (Å²) in [5.74, 6) is 0. The molecule has 0 spiro atoms. The topological polar surface area (TPSA) is 85.6 Å². The quantitative estimate of drug-likeness (QED) is 0.790. The van der Waals surface area contributed by atoms with Crippen LogP contribution in [-0.2, 0) is 28.9 Å². The van der Waals surface area contributed by atoms with E-state index in [1.807, 2.05) is 0 Å². The molecule has 1 unspecified atom stereocenters. The van der Waals surface area contributed by atoms with Crippen molar-refractivity contribution in [1.82, 2.24) is 18.8 Å². The van der Waals surface area contributed by atoms with Gasteiger partial charge in [-0.15, -0.1) is 0 Å². The minimum absolute atomic E-state index is 0.135. The number of hydrogen-bond donors (Lipinski definition) is 1. The Kier molecular flexibility index (Phi) is 4.42. The van der Waals surface area contributed by atoms with Gasteiger partial charge >= 0.3 is 5.69 Å². The number of sulfonamides is 1. The summed E-state index contributed by atoms with van der Waals surface area (Å²) in [7, 11) is -0.361. The van der Waals surface area contributed by atoms with E-state index in [2.05, 4.69) is 9.62 Å². The van der Waals surface area contributed by atoms with E-state index in [9.17, 15) is 13.2 Å². The molecule has 2 aliphatic rings. The molecule has 2 aromatic rings. The fourth-order valence-electron chi connectivity index (χ4n) is 3.58. The minimum Gasteiger partial charge on any atom is -0.374 e. The molecule has 1 saturated carbocycles. The second-order valence-electron chi connectivity index (χ2n) is 7.12. The summed E-state index contributed by atoms with van der Waals surface area (Å²) in [5, 5.41) is 0. The van der Waals surface area contributed by atoms with Gasteiger partial charge in [-0.25, -0.2) is 17.9 Å². The lowest BCUT2D eigenvalue weighted by molar-refractivity contribution is -0.0277. The number of aryl methyl sites for hydroxylation is 2. The van der Waals surface area contributed by atoms with Crippen LogP contribution in [0.1, 0.15) is 12.8 Å². The van der Waals surface area contributed by atoms with Crippen molar-refractivity contribution in [2.45, 2.75) is 29.9 Å². The van der Waals surface area contributed by atoms with E-state index in [1.54, 1.807) is 20.2 Å². The van der Waals surface area contributed by atoms with Gasteiger partial charge in [0.1, 0.15) is 0 Å². The Bertz CT molecular complexity index is 990. The summed E-state index contributed by atoms with van der Waals surface area (Å²) in [6.45, 7) is 2.57. The van der Waals surface area contributed by atoms with Crippen LogP contribution < -0.4 is 10.4 Å². The molecule has 0 amide bonds. The number of nitrogens with zero attached hydrogens (tertiary/aromatic N) is 3. The van der Waals surface area contributed by atoms with Crippen LogP contribution in [0.15, 0.2) is 27.9 Å². The molecular weight excluding hydrogens is 356 g/mol. The van der Waals surface area contributed by atoms with Crippen LogP contribution in [0.3, 0.4) is 0 Å². The lowest BCUT2D eigenvalue weighted by Crippen LogP contribution is -2.48. The molecular formula is C17H24N4O4S. The zero-order valence-corrected chi connectivity index (χ0v) is 15.8. The minimum atomic E-state index is -3.67. The van der Waals surface area contributed by atoms with Crippen molar-refractivity contribution in [3.63, 3.8) is 0 Å². The number of hydrogen-bond acceptors (Lipinski definition) is 5. The molecule has 4 rings (SSSR count). The standard InChI is InChI=1S/C17H24N4O4S/c1-19-15-6-5-14(9-16(15)20(2)17(19)22)26(23,24)18-10-13-11-21(7-8-25-13)12-3-4-12/h5-6,9,12-13,18H,3-4,7-8,10-11H2,1-2H3. The second kappa shape index (κ2) is 6.49. The number of benzene rings is 1. The summed E-state index contributed by atoms with van der Waals surface area (Å²) < 4.78 is 36.7. The molecule has 1 aromatic heterocycles. The first-order valence-electron chi connectivity index (χ1n) is 8.87. The largest absolute Gasteiger partial charge is 0.374 e. The molecule has 1 aliphatic heterocycles. The normalized spacial score (nSPS) is 22.2. The van der Waals surface area contributed by atoms with Crippen molar-refractivity contribution in [1.29, 1.82) is 0 Å². The Morgan fingerprint density at radius 2 is 1.92 bits per heavy atom. The average Bonchev–Trinajstić information content (AvgIpc) is 3.47. The van der Waals surface area contributed by atoms with E-state index >= 15 is 0 Å². The molecule has 2 fully saturated rings. The van der Waals surface area contributed by atoms with E-state index in [4.69, 9.17) is 4.74 Å². The van der Waals surface area contributed by atoms with Crippen LogP contribution in [0.2, 0.25) is 0 Å². The molecule has 2 heterocycles. The van der Waals surface area contributed by atoms with Gasteiger partial charge in [0.25, 0.3) is 0 Å². The highest BCUT2D eigenvalue weighted by Gasteiger charge is 2.33. The Morgan fingerprint density at radius 1 is 1.19 bits per heavy atom. The third-order valence-corrected chi connectivity index (χ3v) is 6.71. The smallest absolute Gasteiger partial charge is 0.328 e. The summed E-state index contributed by atoms with van der Waals surface area (Å²) in [6.07, 6.45) is 2.33. The van der Waals surface area contributed by atoms with Crippen molar-refractivity contribution in [3.05, 3.63) is 28.7 Å². The maximum Gasteiger partial charge on any atom is 0.328 e. The molecule has 0 bridgehead atoms. The zero-order chi connectivity index (χ0) is 18.5. The predicted molar refractivity (Wildman–Crippen MR) is 97.7 cm³/mol. The van der Waals surface area contributed by atoms with Gasteiger partial charge in [0, 0.05) is 39.8 Å². The van der Waals surface area contributed by atoms with Crippen LogP contribution in [0, 0.1) is 0 Å². The number of aromatic nitrogens is 2. The van der Waals surface area contributed by atoms with Gasteiger partial charge < -0.3 is 4.74 Å². The Labute approximate surface area is 152 Å². The van der Waals surface area contributed by atoms with Crippen LogP contribution in [0.25, 0.3) is 11.0 Å². The molecule has 1 saturated heterocycles. The number of morpholine rings is 1. The number of rotatable bonds is 5. The number of ether oxygens (including phenoxy) is 1. The summed E-state index contributed by atoms with van der Waals surface area (Å²) in [4.78, 5) is 14.5. The highest BCUT2D eigenvalue weighted by Crippen LogP contribution is 2.28. The second-order valence-corrected chi connectivity index (χ2v) is 8.89. The van der Waals surface area contributed by atoms with E-state index in [1.165, 1.54) is 34.1 Å². The molecule has 0 radical (unpaired) electrons. The third-order valence-electron chi connectivity index (χ3n) is 5.29. The third kappa shape index (κ3) is 3.20. The lowest BCUT2D eigenvalue weighted by atomic mass is 10.2. The molecule has 1 atom stereocenters. The fourth-order valence-corrected chi connectivity index (χ4v) is 4.66. The molecule has 1 aliphatic carbocycles. The Balaban J connectivity index is 1.50. The predicted octanol–water partition coefficient (Wildman–Crippen LogP) is 0.0185. The number of fused-ring (bicyclic) bond motifs is 1. The van der Waals surface area contributed by atoms with Crippen LogP contribution in [0.5, 0.6) is 0 Å². The summed E-state index contributed by atoms with van der Waals surface area (Å²) in [5.41, 5.74) is 1.11. The van der Waals surface area contributed by atoms with Crippen molar-refractivity contribution in [2.75, 3.05) is 26.2 Å². The van der Waals surface area contributed by atoms with Crippen molar-refractivity contribution >= 4 is 21.1 Å². The SMILES string of the molecule is Cn1c(=O)n(C)c2cc(S(=O)(=O)NCC3CN(C4CC4)CCO3)ccc21. The van der Waals surface area contributed by atoms with Crippen molar-refractivity contribution in [2.24, 2.45) is 14.1 Å². The van der Waals surface area contributed by atoms with Gasteiger partial charge in [-0.2, -0.15) is 0 Å². The van der Waals surface area contributed by atoms with Crippen molar-refractivity contribution < 1.29 is 13.2 Å². The summed E-state index contributed by atoms with van der Waals surface area (Å²) >= 11 is 0. The van der Waals surface area contributed by atoms with E-state index in [0.717, 1.165) is 13.1 Å². The first-order chi connectivity index (χ1) is 12.4. The van der Waals surface area contributed by atoms with Gasteiger partial charge in [-0.1, -0.05) is 0 Å². The Hall–Kier alpha value is -1.68. The highest BCUT2D eigenvalue weighted by molar-refractivity contribution is 7.89.